The molecule has 0 aliphatic heterocycles. The van der Waals surface area contributed by atoms with Gasteiger partial charge in [0.25, 0.3) is 0 Å². The number of ether oxygens (including phenoxy) is 1. The number of rotatable bonds is 4. The Morgan fingerprint density at radius 2 is 1.88 bits per heavy atom. The van der Waals surface area contributed by atoms with Crippen molar-refractivity contribution in [2.75, 3.05) is 18.2 Å². The number of aliphatic hydroxyl groups excluding tert-OH is 1. The summed E-state index contributed by atoms with van der Waals surface area (Å²) in [4.78, 5) is 25.6. The van der Waals surface area contributed by atoms with E-state index in [9.17, 15) is 9.90 Å². The van der Waals surface area contributed by atoms with Crippen LogP contribution in [0, 0.1) is 47.2 Å². The first kappa shape index (κ1) is 29.4. The Hall–Kier alpha value is -0.586. The predicted molar refractivity (Wildman–Crippen MR) is 119 cm³/mol. The quantitative estimate of drug-likeness (QED) is 0.238. The number of thioether (sulfide) groups is 1. The molecule has 1 radical (unpaired) electrons. The summed E-state index contributed by atoms with van der Waals surface area (Å²) in [5.41, 5.74) is 0.640. The maximum absolute atomic E-state index is 12.2. The van der Waals surface area contributed by atoms with Gasteiger partial charge in [-0.2, -0.15) is 0 Å². The molecule has 0 saturated heterocycles. The predicted octanol–water partition coefficient (Wildman–Crippen LogP) is 2.94. The molecule has 0 spiro atoms. The fourth-order valence-corrected chi connectivity index (χ4v) is 3.57. The van der Waals surface area contributed by atoms with E-state index in [2.05, 4.69) is 20.3 Å². The van der Waals surface area contributed by atoms with E-state index in [1.807, 2.05) is 31.6 Å². The first-order chi connectivity index (χ1) is 14.3. The molecule has 10 nitrogen and oxygen atoms in total. The van der Waals surface area contributed by atoms with Crippen molar-refractivity contribution in [2.24, 2.45) is 5.92 Å². The van der Waals surface area contributed by atoms with Gasteiger partial charge in [0, 0.05) is 53.9 Å². The van der Waals surface area contributed by atoms with E-state index < -0.39 is 17.5 Å². The molecule has 2 atom stereocenters. The van der Waals surface area contributed by atoms with Crippen molar-refractivity contribution in [1.82, 2.24) is 19.5 Å². The number of fused-ring (bicyclic) bond motifs is 1. The summed E-state index contributed by atoms with van der Waals surface area (Å²) in [7, 11) is 0. The molecular weight excluding hydrogens is 563 g/mol. The number of hydrogen-bond acceptors (Lipinski definition) is 9. The molecule has 1 aliphatic rings. The second-order valence-corrected chi connectivity index (χ2v) is 9.79. The summed E-state index contributed by atoms with van der Waals surface area (Å²) in [5.74, 6) is -0.831. The van der Waals surface area contributed by atoms with E-state index >= 15 is 0 Å². The summed E-state index contributed by atoms with van der Waals surface area (Å²) >= 11 is 1.40. The van der Waals surface area contributed by atoms with Crippen molar-refractivity contribution in [3.8, 4) is 0 Å². The van der Waals surface area contributed by atoms with Crippen LogP contribution >= 0.6 is 11.8 Å². The molecule has 4 N–H and O–H groups in total. The number of amides is 1. The molecule has 32 heavy (non-hydrogen) atoms. The summed E-state index contributed by atoms with van der Waals surface area (Å²) < 4.78 is 7.35. The minimum Gasteiger partial charge on any atom is -0.444 e. The summed E-state index contributed by atoms with van der Waals surface area (Å²) in [6.07, 6.45) is 5.93. The average molecular weight is 596 g/mol. The van der Waals surface area contributed by atoms with Crippen LogP contribution in [0.25, 0.3) is 11.2 Å². The summed E-state index contributed by atoms with van der Waals surface area (Å²) in [6.45, 7) is 8.23. The number of hydrogen-bond donors (Lipinski definition) is 4. The number of imidazole rings is 1. The van der Waals surface area contributed by atoms with E-state index in [-0.39, 0.29) is 53.9 Å². The van der Waals surface area contributed by atoms with Crippen LogP contribution in [0.4, 0.5) is 10.6 Å². The van der Waals surface area contributed by atoms with Crippen molar-refractivity contribution in [3.05, 3.63) is 6.33 Å². The van der Waals surface area contributed by atoms with Gasteiger partial charge < -0.3 is 24.6 Å². The standard InChI is InChI=1S/C17H25N5O3S.C3H8O2.Pr/c1-17(2,3)25-16(24)20-13-12-14(21-15(19-13)26-4)22(9-18-12)11-6-5-10(7-11)8-23;1-3(2,4)5;/h9-11,23H,5-8H2,1-4H3,(H,19,20,21,24);4-5H,1-2H3;. The molecule has 1 saturated carbocycles. The Morgan fingerprint density at radius 1 is 1.25 bits per heavy atom. The van der Waals surface area contributed by atoms with Gasteiger partial charge >= 0.3 is 6.09 Å². The van der Waals surface area contributed by atoms with Crippen molar-refractivity contribution in [1.29, 1.82) is 0 Å². The number of nitrogens with one attached hydrogen (secondary N) is 1. The molecule has 3 rings (SSSR count). The minimum absolute atomic E-state index is 0. The van der Waals surface area contributed by atoms with Gasteiger partial charge in [-0.1, -0.05) is 11.8 Å². The zero-order valence-electron chi connectivity index (χ0n) is 19.5. The summed E-state index contributed by atoms with van der Waals surface area (Å²) in [6, 6.07) is 0.246. The van der Waals surface area contributed by atoms with Crippen LogP contribution in [-0.2, 0) is 4.74 Å². The van der Waals surface area contributed by atoms with Crippen LogP contribution in [0.15, 0.2) is 11.5 Å². The largest absolute Gasteiger partial charge is 0.444 e. The van der Waals surface area contributed by atoms with Crippen molar-refractivity contribution >= 4 is 34.8 Å². The average Bonchev–Trinajstić information content (AvgIpc) is 3.24. The summed E-state index contributed by atoms with van der Waals surface area (Å²) in [5, 5.41) is 28.8. The molecule has 1 aliphatic carbocycles. The van der Waals surface area contributed by atoms with Crippen LogP contribution < -0.4 is 5.32 Å². The smallest absolute Gasteiger partial charge is 0.413 e. The van der Waals surface area contributed by atoms with Gasteiger partial charge in [0.1, 0.15) is 5.60 Å². The molecule has 2 heterocycles. The van der Waals surface area contributed by atoms with E-state index in [0.29, 0.717) is 28.1 Å². The molecule has 177 valence electrons. The molecule has 2 aromatic heterocycles. The Labute approximate surface area is 225 Å². The number of carbonyl (C=O) groups is 1. The van der Waals surface area contributed by atoms with Gasteiger partial charge in [-0.25, -0.2) is 19.7 Å². The van der Waals surface area contributed by atoms with E-state index in [1.54, 1.807) is 6.33 Å². The van der Waals surface area contributed by atoms with Gasteiger partial charge in [-0.3, -0.25) is 5.32 Å². The van der Waals surface area contributed by atoms with Crippen molar-refractivity contribution < 1.29 is 66.1 Å². The third-order valence-electron chi connectivity index (χ3n) is 4.37. The molecule has 12 heteroatoms. The van der Waals surface area contributed by atoms with E-state index in [1.165, 1.54) is 25.6 Å². The second-order valence-electron chi connectivity index (χ2n) is 9.02. The van der Waals surface area contributed by atoms with Gasteiger partial charge in [-0.05, 0) is 66.1 Å². The molecule has 2 unspecified atom stereocenters. The fourth-order valence-electron chi connectivity index (χ4n) is 3.21. The maximum Gasteiger partial charge on any atom is 0.413 e. The minimum atomic E-state index is -1.50. The maximum atomic E-state index is 12.2. The third-order valence-corrected chi connectivity index (χ3v) is 4.92. The Balaban J connectivity index is 0.000000770. The normalized spacial score (nSPS) is 18.5. The van der Waals surface area contributed by atoms with E-state index in [0.717, 1.165) is 19.3 Å². The van der Waals surface area contributed by atoms with Crippen molar-refractivity contribution in [3.63, 3.8) is 0 Å². The van der Waals surface area contributed by atoms with Gasteiger partial charge in [0.05, 0.1) is 6.33 Å². The van der Waals surface area contributed by atoms with Gasteiger partial charge in [0.2, 0.25) is 0 Å². The SMILES string of the molecule is CC(C)(O)O.CSc1nc(NC(=O)OC(C)(C)C)c2ncn(C3CCC(CO)C3)c2n1.[Pr]. The number of nitrogens with zero attached hydrogens (tertiary/aromatic N) is 4. The topological polar surface area (TPSA) is 143 Å². The molecule has 2 aromatic rings. The second kappa shape index (κ2) is 12.2. The van der Waals surface area contributed by atoms with Crippen molar-refractivity contribution in [2.45, 2.75) is 76.5 Å². The number of aromatic nitrogens is 4. The molecule has 1 amide bonds. The monoisotopic (exact) mass is 596 g/mol. The molecule has 1 fully saturated rings. The van der Waals surface area contributed by atoms with Crippen LogP contribution in [0.2, 0.25) is 0 Å². The Bertz CT molecular complexity index is 891. The molecular formula is C20H33N5O5PrS. The first-order valence-corrected chi connectivity index (χ1v) is 11.4. The van der Waals surface area contributed by atoms with Crippen LogP contribution in [0.5, 0.6) is 0 Å². The number of aliphatic hydroxyl groups is 3. The van der Waals surface area contributed by atoms with E-state index in [4.69, 9.17) is 14.9 Å². The zero-order chi connectivity index (χ0) is 23.4. The molecule has 0 bridgehead atoms. The fraction of sp³-hybridized carbons (Fsp3) is 0.700. The first-order valence-electron chi connectivity index (χ1n) is 10.1. The molecule has 0 aromatic carbocycles. The number of carbonyl (C=O) groups excluding carboxylic acids is 1. The Morgan fingerprint density at radius 3 is 2.38 bits per heavy atom. The number of anilines is 1. The van der Waals surface area contributed by atoms with Gasteiger partial charge in [-0.15, -0.1) is 0 Å². The van der Waals surface area contributed by atoms with Crippen LogP contribution in [-0.4, -0.2) is 65.2 Å². The van der Waals surface area contributed by atoms with Crippen LogP contribution in [0.3, 0.4) is 0 Å². The van der Waals surface area contributed by atoms with Crippen LogP contribution in [0.1, 0.15) is 59.9 Å². The Kier molecular flexibility index (Phi) is 11.2. The third kappa shape index (κ3) is 9.34. The van der Waals surface area contributed by atoms with Gasteiger partial charge in [0.15, 0.2) is 27.9 Å². The zero-order valence-corrected chi connectivity index (χ0v) is 24.0.